The quantitative estimate of drug-likeness (QED) is 0.179. The van der Waals surface area contributed by atoms with Gasteiger partial charge in [-0.2, -0.15) is 0 Å². The molecule has 0 atom stereocenters. The maximum Gasteiger partial charge on any atom is 0.256 e. The van der Waals surface area contributed by atoms with E-state index in [9.17, 15) is 14.7 Å². The van der Waals surface area contributed by atoms with Crippen LogP contribution in [0.15, 0.2) is 95.8 Å². The standard InChI is InChI=1S/C29H21ClN2O4/c30-25-16-26-21(13-23(25)20-9-10-22(27(33)15-20)18-6-2-1-3-7-18)14-24(29(35)31-26)19-8-4-5-17(11-19)12-28(34)32-36/h1-11,13-16,33,36H,12H2,(H,31,35)(H,32,34). The Hall–Kier alpha value is -4.39. The lowest BCUT2D eigenvalue weighted by Crippen LogP contribution is -2.20. The lowest BCUT2D eigenvalue weighted by Gasteiger charge is -2.11. The largest absolute Gasteiger partial charge is 0.507 e. The summed E-state index contributed by atoms with van der Waals surface area (Å²) in [5.41, 5.74) is 6.72. The number of carbonyl (C=O) groups excluding carboxylic acids is 1. The summed E-state index contributed by atoms with van der Waals surface area (Å²) >= 11 is 6.58. The number of halogens is 1. The zero-order chi connectivity index (χ0) is 25.2. The maximum absolute atomic E-state index is 12.9. The van der Waals surface area contributed by atoms with Gasteiger partial charge in [-0.15, -0.1) is 0 Å². The van der Waals surface area contributed by atoms with Crippen LogP contribution < -0.4 is 11.0 Å². The summed E-state index contributed by atoms with van der Waals surface area (Å²) in [5.74, 6) is -0.402. The third kappa shape index (κ3) is 4.60. The van der Waals surface area contributed by atoms with E-state index in [4.69, 9.17) is 16.8 Å². The number of hydroxylamine groups is 1. The van der Waals surface area contributed by atoms with Crippen molar-refractivity contribution in [3.05, 3.63) is 112 Å². The number of benzene rings is 4. The van der Waals surface area contributed by atoms with Crippen LogP contribution in [0.5, 0.6) is 5.75 Å². The number of fused-ring (bicyclic) bond motifs is 1. The van der Waals surface area contributed by atoms with Gasteiger partial charge in [0.05, 0.1) is 11.4 Å². The van der Waals surface area contributed by atoms with Crippen molar-refractivity contribution in [2.75, 3.05) is 0 Å². The van der Waals surface area contributed by atoms with E-state index in [0.717, 1.165) is 22.1 Å². The molecule has 1 heterocycles. The minimum atomic E-state index is -0.541. The molecule has 0 saturated heterocycles. The highest BCUT2D eigenvalue weighted by atomic mass is 35.5. The average Bonchev–Trinajstić information content (AvgIpc) is 2.88. The van der Waals surface area contributed by atoms with Gasteiger partial charge in [0.15, 0.2) is 0 Å². The highest BCUT2D eigenvalue weighted by molar-refractivity contribution is 6.34. The zero-order valence-corrected chi connectivity index (χ0v) is 19.7. The van der Waals surface area contributed by atoms with E-state index in [1.165, 1.54) is 0 Å². The number of phenolic OH excluding ortho intramolecular Hbond substituents is 1. The molecular formula is C29H21ClN2O4. The van der Waals surface area contributed by atoms with Crippen molar-refractivity contribution >= 4 is 28.4 Å². The second-order valence-electron chi connectivity index (χ2n) is 8.44. The van der Waals surface area contributed by atoms with Crippen LogP contribution in [0.4, 0.5) is 0 Å². The first-order valence-corrected chi connectivity index (χ1v) is 11.6. The molecule has 1 aromatic heterocycles. The Morgan fingerprint density at radius 1 is 0.806 bits per heavy atom. The number of pyridine rings is 1. The number of hydrogen-bond donors (Lipinski definition) is 4. The smallest absolute Gasteiger partial charge is 0.256 e. The van der Waals surface area contributed by atoms with Gasteiger partial charge in [0.1, 0.15) is 5.75 Å². The molecule has 0 bridgehead atoms. The summed E-state index contributed by atoms with van der Waals surface area (Å²) in [6.45, 7) is 0. The van der Waals surface area contributed by atoms with Crippen molar-refractivity contribution in [1.82, 2.24) is 10.5 Å². The maximum atomic E-state index is 12.9. The summed E-state index contributed by atoms with van der Waals surface area (Å²) in [6.07, 6.45) is -0.0158. The van der Waals surface area contributed by atoms with E-state index >= 15 is 0 Å². The van der Waals surface area contributed by atoms with Gasteiger partial charge in [0.2, 0.25) is 5.91 Å². The minimum absolute atomic E-state index is 0.0158. The minimum Gasteiger partial charge on any atom is -0.507 e. The van der Waals surface area contributed by atoms with Crippen LogP contribution in [0.2, 0.25) is 5.02 Å². The second kappa shape index (κ2) is 9.70. The lowest BCUT2D eigenvalue weighted by atomic mass is 9.97. The fourth-order valence-corrected chi connectivity index (χ4v) is 4.57. The molecule has 5 rings (SSSR count). The molecule has 1 amide bonds. The molecule has 0 aliphatic carbocycles. The Bertz CT molecular complexity index is 1660. The SMILES string of the molecule is O=C(Cc1cccc(-c2cc3cc(-c4ccc(-c5ccccc5)c(O)c4)c(Cl)cc3[nH]c2=O)c1)NO. The van der Waals surface area contributed by atoms with Crippen LogP contribution in [0, 0.1) is 0 Å². The van der Waals surface area contributed by atoms with Gasteiger partial charge >= 0.3 is 0 Å². The zero-order valence-electron chi connectivity index (χ0n) is 19.0. The number of aromatic hydroxyl groups is 1. The molecule has 4 aromatic carbocycles. The first kappa shape index (κ1) is 23.4. The number of rotatable bonds is 5. The monoisotopic (exact) mass is 496 g/mol. The van der Waals surface area contributed by atoms with Gasteiger partial charge in [0, 0.05) is 22.2 Å². The Balaban J connectivity index is 1.57. The van der Waals surface area contributed by atoms with E-state index in [0.29, 0.717) is 32.8 Å². The summed E-state index contributed by atoms with van der Waals surface area (Å²) < 4.78 is 0. The molecule has 178 valence electrons. The summed E-state index contributed by atoms with van der Waals surface area (Å²) in [6, 6.07) is 27.4. The van der Waals surface area contributed by atoms with Gasteiger partial charge in [-0.3, -0.25) is 14.8 Å². The lowest BCUT2D eigenvalue weighted by molar-refractivity contribution is -0.128. The molecule has 0 spiro atoms. The Labute approximate surface area is 211 Å². The van der Waals surface area contributed by atoms with Crippen molar-refractivity contribution in [3.63, 3.8) is 0 Å². The molecular weight excluding hydrogens is 476 g/mol. The highest BCUT2D eigenvalue weighted by Gasteiger charge is 2.13. The number of hydrogen-bond acceptors (Lipinski definition) is 4. The van der Waals surface area contributed by atoms with Crippen molar-refractivity contribution < 1.29 is 15.1 Å². The van der Waals surface area contributed by atoms with Crippen molar-refractivity contribution in [2.24, 2.45) is 0 Å². The van der Waals surface area contributed by atoms with E-state index in [2.05, 4.69) is 4.98 Å². The van der Waals surface area contributed by atoms with Gasteiger partial charge in [-0.1, -0.05) is 78.3 Å². The van der Waals surface area contributed by atoms with Gasteiger partial charge in [-0.05, 0) is 51.9 Å². The number of aromatic amines is 1. The van der Waals surface area contributed by atoms with Gasteiger partial charge in [-0.25, -0.2) is 5.48 Å². The third-order valence-corrected chi connectivity index (χ3v) is 6.37. The van der Waals surface area contributed by atoms with Crippen LogP contribution in [0.3, 0.4) is 0 Å². The molecule has 5 aromatic rings. The van der Waals surface area contributed by atoms with Crippen LogP contribution >= 0.6 is 11.6 Å². The van der Waals surface area contributed by atoms with Crippen molar-refractivity contribution in [2.45, 2.75) is 6.42 Å². The fraction of sp³-hybridized carbons (Fsp3) is 0.0345. The molecule has 0 unspecified atom stereocenters. The number of amides is 1. The predicted octanol–water partition coefficient (Wildman–Crippen LogP) is 5.94. The van der Waals surface area contributed by atoms with Gasteiger partial charge in [0.25, 0.3) is 5.56 Å². The average molecular weight is 497 g/mol. The van der Waals surface area contributed by atoms with E-state index in [1.54, 1.807) is 47.9 Å². The molecule has 0 radical (unpaired) electrons. The number of nitrogens with one attached hydrogen (secondary N) is 2. The Kier molecular flexibility index (Phi) is 6.29. The number of H-pyrrole nitrogens is 1. The topological polar surface area (TPSA) is 102 Å². The molecule has 0 aliphatic rings. The van der Waals surface area contributed by atoms with Crippen LogP contribution in [-0.2, 0) is 11.2 Å². The molecule has 0 saturated carbocycles. The summed E-state index contributed by atoms with van der Waals surface area (Å²) in [7, 11) is 0. The molecule has 0 fully saturated rings. The molecule has 6 nitrogen and oxygen atoms in total. The van der Waals surface area contributed by atoms with Gasteiger partial charge < -0.3 is 10.1 Å². The second-order valence-corrected chi connectivity index (χ2v) is 8.85. The van der Waals surface area contributed by atoms with Crippen LogP contribution in [0.25, 0.3) is 44.3 Å². The normalized spacial score (nSPS) is 10.9. The molecule has 36 heavy (non-hydrogen) atoms. The Morgan fingerprint density at radius 3 is 2.28 bits per heavy atom. The number of phenols is 1. The van der Waals surface area contributed by atoms with Crippen LogP contribution in [0.1, 0.15) is 5.56 Å². The van der Waals surface area contributed by atoms with E-state index in [-0.39, 0.29) is 17.7 Å². The summed E-state index contributed by atoms with van der Waals surface area (Å²) in [5, 5.41) is 20.7. The number of aromatic nitrogens is 1. The fourth-order valence-electron chi connectivity index (χ4n) is 4.30. The molecule has 7 heteroatoms. The first-order chi connectivity index (χ1) is 17.4. The highest BCUT2D eigenvalue weighted by Crippen LogP contribution is 2.37. The Morgan fingerprint density at radius 2 is 1.53 bits per heavy atom. The van der Waals surface area contributed by atoms with Crippen molar-refractivity contribution in [3.8, 4) is 39.1 Å². The predicted molar refractivity (Wildman–Crippen MR) is 141 cm³/mol. The molecule has 4 N–H and O–H groups in total. The summed E-state index contributed by atoms with van der Waals surface area (Å²) in [4.78, 5) is 27.3. The first-order valence-electron chi connectivity index (χ1n) is 11.2. The van der Waals surface area contributed by atoms with E-state index < -0.39 is 5.91 Å². The van der Waals surface area contributed by atoms with E-state index in [1.807, 2.05) is 48.5 Å². The van der Waals surface area contributed by atoms with Crippen molar-refractivity contribution in [1.29, 1.82) is 0 Å². The number of carbonyl (C=O) groups is 1. The molecule has 0 aliphatic heterocycles. The van der Waals surface area contributed by atoms with Crippen LogP contribution in [-0.4, -0.2) is 21.2 Å². The third-order valence-electron chi connectivity index (χ3n) is 6.05.